The minimum atomic E-state index is 0.293. The van der Waals surface area contributed by atoms with E-state index in [-0.39, 0.29) is 0 Å². The molecule has 1 fully saturated rings. The van der Waals surface area contributed by atoms with E-state index in [0.717, 1.165) is 50.4 Å². The number of aromatic nitrogens is 1. The summed E-state index contributed by atoms with van der Waals surface area (Å²) in [5.74, 6) is 1.07. The van der Waals surface area contributed by atoms with Gasteiger partial charge in [0.15, 0.2) is 0 Å². The standard InChI is InChI=1S/C16H25N3O/c1-17-10-6-14-7-11-19(12-8-14)16(20)5-4-15-3-2-9-18-13-15/h2-3,9,13-14,17H,4-8,10-12H2,1H3. The number of piperidine rings is 1. The molecule has 1 saturated heterocycles. The second-order valence-corrected chi connectivity index (χ2v) is 5.58. The molecule has 1 aromatic rings. The molecular weight excluding hydrogens is 250 g/mol. The Kier molecular flexibility index (Phi) is 5.99. The lowest BCUT2D eigenvalue weighted by atomic mass is 9.93. The van der Waals surface area contributed by atoms with E-state index in [9.17, 15) is 4.79 Å². The van der Waals surface area contributed by atoms with Crippen LogP contribution < -0.4 is 5.32 Å². The van der Waals surface area contributed by atoms with Crippen LogP contribution >= 0.6 is 0 Å². The fourth-order valence-corrected chi connectivity index (χ4v) is 2.77. The molecule has 2 rings (SSSR count). The zero-order chi connectivity index (χ0) is 14.2. The second kappa shape index (κ2) is 8.00. The number of likely N-dealkylation sites (tertiary alicyclic amines) is 1. The van der Waals surface area contributed by atoms with Crippen LogP contribution in [-0.4, -0.2) is 42.5 Å². The molecule has 4 heteroatoms. The van der Waals surface area contributed by atoms with Crippen LogP contribution in [0.5, 0.6) is 0 Å². The number of hydrogen-bond donors (Lipinski definition) is 1. The zero-order valence-corrected chi connectivity index (χ0v) is 12.3. The summed E-state index contributed by atoms with van der Waals surface area (Å²) in [6.45, 7) is 2.94. The maximum absolute atomic E-state index is 12.2. The van der Waals surface area contributed by atoms with Crippen molar-refractivity contribution >= 4 is 5.91 Å². The summed E-state index contributed by atoms with van der Waals surface area (Å²) in [7, 11) is 2.00. The maximum atomic E-state index is 12.2. The number of nitrogens with one attached hydrogen (secondary N) is 1. The summed E-state index contributed by atoms with van der Waals surface area (Å²) in [5.41, 5.74) is 1.14. The Morgan fingerprint density at radius 1 is 1.45 bits per heavy atom. The SMILES string of the molecule is CNCCC1CCN(C(=O)CCc2cccnc2)CC1. The minimum absolute atomic E-state index is 0.293. The first kappa shape index (κ1) is 15.0. The fourth-order valence-electron chi connectivity index (χ4n) is 2.77. The Bertz CT molecular complexity index is 399. The molecule has 0 spiro atoms. The number of nitrogens with zero attached hydrogens (tertiary/aromatic N) is 2. The van der Waals surface area contributed by atoms with Gasteiger partial charge >= 0.3 is 0 Å². The zero-order valence-electron chi connectivity index (χ0n) is 12.3. The van der Waals surface area contributed by atoms with E-state index >= 15 is 0 Å². The number of pyridine rings is 1. The molecular formula is C16H25N3O. The van der Waals surface area contributed by atoms with Crippen molar-refractivity contribution in [3.63, 3.8) is 0 Å². The summed E-state index contributed by atoms with van der Waals surface area (Å²) in [6, 6.07) is 3.96. The number of aryl methyl sites for hydroxylation is 1. The lowest BCUT2D eigenvalue weighted by Crippen LogP contribution is -2.39. The summed E-state index contributed by atoms with van der Waals surface area (Å²) in [5, 5.41) is 3.20. The largest absolute Gasteiger partial charge is 0.343 e. The van der Waals surface area contributed by atoms with Crippen LogP contribution in [0.15, 0.2) is 24.5 Å². The van der Waals surface area contributed by atoms with Gasteiger partial charge in [-0.25, -0.2) is 0 Å². The van der Waals surface area contributed by atoms with Gasteiger partial charge in [0.05, 0.1) is 0 Å². The van der Waals surface area contributed by atoms with E-state index in [1.54, 1.807) is 6.20 Å². The Morgan fingerprint density at radius 3 is 2.90 bits per heavy atom. The van der Waals surface area contributed by atoms with Crippen LogP contribution in [0, 0.1) is 5.92 Å². The van der Waals surface area contributed by atoms with Crippen molar-refractivity contribution < 1.29 is 4.79 Å². The van der Waals surface area contributed by atoms with Gasteiger partial charge in [-0.1, -0.05) is 6.07 Å². The minimum Gasteiger partial charge on any atom is -0.343 e. The van der Waals surface area contributed by atoms with E-state index in [0.29, 0.717) is 12.3 Å². The van der Waals surface area contributed by atoms with Gasteiger partial charge in [0.2, 0.25) is 5.91 Å². The van der Waals surface area contributed by atoms with Crippen LogP contribution in [0.1, 0.15) is 31.2 Å². The molecule has 0 atom stereocenters. The lowest BCUT2D eigenvalue weighted by molar-refractivity contribution is -0.132. The molecule has 4 nitrogen and oxygen atoms in total. The average Bonchev–Trinajstić information content (AvgIpc) is 2.52. The van der Waals surface area contributed by atoms with Crippen molar-refractivity contribution in [2.45, 2.75) is 32.1 Å². The Labute approximate surface area is 121 Å². The molecule has 110 valence electrons. The molecule has 0 aliphatic carbocycles. The highest BCUT2D eigenvalue weighted by Gasteiger charge is 2.21. The lowest BCUT2D eigenvalue weighted by Gasteiger charge is -2.32. The summed E-state index contributed by atoms with van der Waals surface area (Å²) < 4.78 is 0. The van der Waals surface area contributed by atoms with Crippen LogP contribution in [0.4, 0.5) is 0 Å². The van der Waals surface area contributed by atoms with Crippen molar-refractivity contribution in [1.82, 2.24) is 15.2 Å². The van der Waals surface area contributed by atoms with E-state index in [4.69, 9.17) is 0 Å². The molecule has 0 radical (unpaired) electrons. The maximum Gasteiger partial charge on any atom is 0.222 e. The van der Waals surface area contributed by atoms with Gasteiger partial charge in [-0.3, -0.25) is 9.78 Å². The van der Waals surface area contributed by atoms with E-state index < -0.39 is 0 Å². The monoisotopic (exact) mass is 275 g/mol. The summed E-state index contributed by atoms with van der Waals surface area (Å²) >= 11 is 0. The topological polar surface area (TPSA) is 45.2 Å². The fraction of sp³-hybridized carbons (Fsp3) is 0.625. The van der Waals surface area contributed by atoms with Crippen molar-refractivity contribution in [2.75, 3.05) is 26.7 Å². The molecule has 0 bridgehead atoms. The van der Waals surface area contributed by atoms with Crippen LogP contribution in [0.2, 0.25) is 0 Å². The number of carbonyl (C=O) groups is 1. The van der Waals surface area contributed by atoms with Gasteiger partial charge < -0.3 is 10.2 Å². The van der Waals surface area contributed by atoms with Crippen molar-refractivity contribution in [1.29, 1.82) is 0 Å². The van der Waals surface area contributed by atoms with Gasteiger partial charge in [-0.15, -0.1) is 0 Å². The third-order valence-electron chi connectivity index (χ3n) is 4.12. The van der Waals surface area contributed by atoms with E-state index in [1.165, 1.54) is 6.42 Å². The third-order valence-corrected chi connectivity index (χ3v) is 4.12. The van der Waals surface area contributed by atoms with E-state index in [2.05, 4.69) is 10.3 Å². The Balaban J connectivity index is 1.69. The number of hydrogen-bond acceptors (Lipinski definition) is 3. The van der Waals surface area contributed by atoms with Crippen LogP contribution in [0.3, 0.4) is 0 Å². The first-order valence-electron chi connectivity index (χ1n) is 7.61. The normalized spacial score (nSPS) is 16.4. The van der Waals surface area contributed by atoms with Crippen LogP contribution in [-0.2, 0) is 11.2 Å². The average molecular weight is 275 g/mol. The molecule has 0 saturated carbocycles. The Hall–Kier alpha value is -1.42. The summed E-state index contributed by atoms with van der Waals surface area (Å²) in [6.07, 6.45) is 8.55. The molecule has 20 heavy (non-hydrogen) atoms. The number of rotatable bonds is 6. The van der Waals surface area contributed by atoms with Crippen molar-refractivity contribution in [3.05, 3.63) is 30.1 Å². The van der Waals surface area contributed by atoms with Gasteiger partial charge in [0.25, 0.3) is 0 Å². The van der Waals surface area contributed by atoms with Gasteiger partial charge in [-0.2, -0.15) is 0 Å². The van der Waals surface area contributed by atoms with Crippen molar-refractivity contribution in [3.8, 4) is 0 Å². The van der Waals surface area contributed by atoms with Gasteiger partial charge in [0, 0.05) is 31.9 Å². The predicted molar refractivity (Wildman–Crippen MR) is 80.4 cm³/mol. The Morgan fingerprint density at radius 2 is 2.25 bits per heavy atom. The molecule has 1 aliphatic rings. The molecule has 2 heterocycles. The molecule has 0 unspecified atom stereocenters. The highest BCUT2D eigenvalue weighted by molar-refractivity contribution is 5.76. The molecule has 1 aliphatic heterocycles. The van der Waals surface area contributed by atoms with Gasteiger partial charge in [0.1, 0.15) is 0 Å². The molecule has 0 aromatic carbocycles. The smallest absolute Gasteiger partial charge is 0.222 e. The van der Waals surface area contributed by atoms with Gasteiger partial charge in [-0.05, 0) is 56.8 Å². The number of carbonyl (C=O) groups excluding carboxylic acids is 1. The number of amides is 1. The van der Waals surface area contributed by atoms with Crippen molar-refractivity contribution in [2.24, 2.45) is 5.92 Å². The molecule has 1 aromatic heterocycles. The second-order valence-electron chi connectivity index (χ2n) is 5.58. The third kappa shape index (κ3) is 4.60. The highest BCUT2D eigenvalue weighted by Crippen LogP contribution is 2.20. The highest BCUT2D eigenvalue weighted by atomic mass is 16.2. The molecule has 1 amide bonds. The first-order chi connectivity index (χ1) is 9.79. The van der Waals surface area contributed by atoms with Crippen LogP contribution in [0.25, 0.3) is 0 Å². The summed E-state index contributed by atoms with van der Waals surface area (Å²) in [4.78, 5) is 18.3. The first-order valence-corrected chi connectivity index (χ1v) is 7.61. The quantitative estimate of drug-likeness (QED) is 0.862. The predicted octanol–water partition coefficient (Wildman–Crippen LogP) is 1.86. The van der Waals surface area contributed by atoms with E-state index in [1.807, 2.05) is 30.3 Å². The molecule has 1 N–H and O–H groups in total.